The Balaban J connectivity index is 2.40. The molecule has 0 bridgehead atoms. The summed E-state index contributed by atoms with van der Waals surface area (Å²) in [7, 11) is 0. The first kappa shape index (κ1) is 19.0. The van der Waals surface area contributed by atoms with Crippen LogP contribution in [0.4, 0.5) is 0 Å². The van der Waals surface area contributed by atoms with Crippen molar-refractivity contribution in [3.63, 3.8) is 0 Å². The molecule has 0 amide bonds. The van der Waals surface area contributed by atoms with Gasteiger partial charge in [-0.15, -0.1) is 0 Å². The highest BCUT2D eigenvalue weighted by Crippen LogP contribution is 2.55. The maximum Gasteiger partial charge on any atom is 0.302 e. The van der Waals surface area contributed by atoms with Gasteiger partial charge in [-0.2, -0.15) is 0 Å². The van der Waals surface area contributed by atoms with Gasteiger partial charge in [-0.3, -0.25) is 4.79 Å². The third-order valence-corrected chi connectivity index (χ3v) is 6.25. The van der Waals surface area contributed by atoms with Crippen LogP contribution in [-0.4, -0.2) is 12.1 Å². The van der Waals surface area contributed by atoms with Gasteiger partial charge in [0.1, 0.15) is 6.10 Å². The largest absolute Gasteiger partial charge is 0.462 e. The van der Waals surface area contributed by atoms with Gasteiger partial charge in [0, 0.05) is 12.3 Å². The molecule has 0 heterocycles. The van der Waals surface area contributed by atoms with Crippen LogP contribution in [-0.2, 0) is 9.53 Å². The Morgan fingerprint density at radius 3 is 2.50 bits per heavy atom. The number of hydrogen-bond acceptors (Lipinski definition) is 2. The van der Waals surface area contributed by atoms with Crippen molar-refractivity contribution in [1.82, 2.24) is 0 Å². The van der Waals surface area contributed by atoms with E-state index in [-0.39, 0.29) is 17.5 Å². The molecule has 4 atom stereocenters. The quantitative estimate of drug-likeness (QED) is 0.459. The molecule has 1 fully saturated rings. The molecule has 0 aromatic heterocycles. The summed E-state index contributed by atoms with van der Waals surface area (Å²) in [5.41, 5.74) is 4.17. The second-order valence-corrected chi connectivity index (χ2v) is 8.28. The van der Waals surface area contributed by atoms with E-state index in [2.05, 4.69) is 46.4 Å². The third kappa shape index (κ3) is 4.20. The summed E-state index contributed by atoms with van der Waals surface area (Å²) in [4.78, 5) is 11.7. The van der Waals surface area contributed by atoms with Gasteiger partial charge >= 0.3 is 5.97 Å². The second kappa shape index (κ2) is 7.72. The van der Waals surface area contributed by atoms with E-state index in [4.69, 9.17) is 4.74 Å². The molecule has 134 valence electrons. The predicted molar refractivity (Wildman–Crippen MR) is 101 cm³/mol. The van der Waals surface area contributed by atoms with Crippen LogP contribution in [0.2, 0.25) is 0 Å². The number of rotatable bonds is 2. The monoisotopic (exact) mass is 330 g/mol. The Labute approximate surface area is 148 Å². The standard InChI is InChI=1S/C22H34O2/c1-15(2)19-14-21(24-18(5)23)22(6)13-12-17(4)9-7-8-16(3)10-11-20(19)22/h8,12,19-21H,1,7,9-11,13-14H2,2-6H3/b16-8?,17-12+/t19-,20+,21+,22-/m1/s1. The van der Waals surface area contributed by atoms with Crippen molar-refractivity contribution in [2.45, 2.75) is 79.2 Å². The summed E-state index contributed by atoms with van der Waals surface area (Å²) in [5.74, 6) is 0.805. The molecule has 2 aliphatic rings. The van der Waals surface area contributed by atoms with E-state index in [1.54, 1.807) is 0 Å². The van der Waals surface area contributed by atoms with Gasteiger partial charge in [0.05, 0.1) is 0 Å². The Hall–Kier alpha value is -1.31. The third-order valence-electron chi connectivity index (χ3n) is 6.25. The van der Waals surface area contributed by atoms with Gasteiger partial charge in [0.2, 0.25) is 0 Å². The predicted octanol–water partition coefficient (Wildman–Crippen LogP) is 5.99. The van der Waals surface area contributed by atoms with Crippen LogP contribution >= 0.6 is 0 Å². The number of carbonyl (C=O) groups is 1. The number of fused-ring (bicyclic) bond motifs is 1. The van der Waals surface area contributed by atoms with Crippen molar-refractivity contribution >= 4 is 5.97 Å². The smallest absolute Gasteiger partial charge is 0.302 e. The highest BCUT2D eigenvalue weighted by molar-refractivity contribution is 5.66. The van der Waals surface area contributed by atoms with Crippen LogP contribution in [0.3, 0.4) is 0 Å². The summed E-state index contributed by atoms with van der Waals surface area (Å²) in [6.07, 6.45) is 11.2. The molecule has 24 heavy (non-hydrogen) atoms. The molecule has 0 saturated heterocycles. The average molecular weight is 331 g/mol. The van der Waals surface area contributed by atoms with Crippen molar-refractivity contribution in [2.75, 3.05) is 0 Å². The van der Waals surface area contributed by atoms with Crippen molar-refractivity contribution in [2.24, 2.45) is 17.3 Å². The number of allylic oxidation sites excluding steroid dienone is 5. The Morgan fingerprint density at radius 1 is 1.21 bits per heavy atom. The average Bonchev–Trinajstić information content (AvgIpc) is 2.74. The van der Waals surface area contributed by atoms with Gasteiger partial charge in [0.15, 0.2) is 0 Å². The van der Waals surface area contributed by atoms with E-state index < -0.39 is 0 Å². The van der Waals surface area contributed by atoms with Crippen LogP contribution in [0.25, 0.3) is 0 Å². The molecule has 0 aliphatic heterocycles. The minimum atomic E-state index is -0.159. The second-order valence-electron chi connectivity index (χ2n) is 8.28. The fourth-order valence-electron chi connectivity index (χ4n) is 4.63. The molecule has 0 radical (unpaired) electrons. The zero-order valence-corrected chi connectivity index (χ0v) is 16.2. The number of carbonyl (C=O) groups excluding carboxylic acids is 1. The van der Waals surface area contributed by atoms with E-state index in [0.29, 0.717) is 11.8 Å². The van der Waals surface area contributed by atoms with Gasteiger partial charge in [-0.1, -0.05) is 42.4 Å². The molecule has 2 heteroatoms. The maximum absolute atomic E-state index is 11.7. The van der Waals surface area contributed by atoms with Crippen LogP contribution < -0.4 is 0 Å². The lowest BCUT2D eigenvalue weighted by Gasteiger charge is -2.37. The summed E-state index contributed by atoms with van der Waals surface area (Å²) in [5, 5.41) is 0. The fraction of sp³-hybridized carbons (Fsp3) is 0.682. The number of hydrogen-bond donors (Lipinski definition) is 0. The summed E-state index contributed by atoms with van der Waals surface area (Å²) in [6.45, 7) is 14.7. The SMILES string of the molecule is C=C(C)[C@H]1C[C@H](OC(C)=O)[C@]2(C)C/C=C(\C)CCC=C(C)CC[C@@H]12. The highest BCUT2D eigenvalue weighted by atomic mass is 16.5. The van der Waals surface area contributed by atoms with E-state index in [1.165, 1.54) is 23.6 Å². The van der Waals surface area contributed by atoms with Crippen molar-refractivity contribution in [3.8, 4) is 0 Å². The summed E-state index contributed by atoms with van der Waals surface area (Å²) in [6, 6.07) is 0. The topological polar surface area (TPSA) is 26.3 Å². The van der Waals surface area contributed by atoms with Crippen molar-refractivity contribution < 1.29 is 9.53 Å². The van der Waals surface area contributed by atoms with E-state index in [9.17, 15) is 4.79 Å². The minimum Gasteiger partial charge on any atom is -0.462 e. The van der Waals surface area contributed by atoms with E-state index in [1.807, 2.05) is 0 Å². The van der Waals surface area contributed by atoms with E-state index in [0.717, 1.165) is 38.5 Å². The molecule has 0 unspecified atom stereocenters. The molecule has 2 rings (SSSR count). The minimum absolute atomic E-state index is 0.00116. The molecule has 2 nitrogen and oxygen atoms in total. The van der Waals surface area contributed by atoms with Crippen LogP contribution in [0.5, 0.6) is 0 Å². The van der Waals surface area contributed by atoms with Crippen LogP contribution in [0.15, 0.2) is 35.5 Å². The van der Waals surface area contributed by atoms with Gasteiger partial charge in [-0.25, -0.2) is 0 Å². The number of ether oxygens (including phenoxy) is 1. The normalized spacial score (nSPS) is 36.6. The molecular weight excluding hydrogens is 296 g/mol. The maximum atomic E-state index is 11.7. The molecule has 2 aliphatic carbocycles. The van der Waals surface area contributed by atoms with Crippen molar-refractivity contribution in [3.05, 3.63) is 35.5 Å². The zero-order chi connectivity index (χ0) is 17.9. The van der Waals surface area contributed by atoms with Crippen LogP contribution in [0.1, 0.15) is 73.1 Å². The first-order valence-corrected chi connectivity index (χ1v) is 9.38. The molecule has 0 aromatic rings. The number of esters is 1. The fourth-order valence-corrected chi connectivity index (χ4v) is 4.63. The van der Waals surface area contributed by atoms with Gasteiger partial charge in [-0.05, 0) is 71.1 Å². The zero-order valence-electron chi connectivity index (χ0n) is 16.2. The Morgan fingerprint density at radius 2 is 1.88 bits per heavy atom. The first-order valence-electron chi connectivity index (χ1n) is 9.38. The lowest BCUT2D eigenvalue weighted by atomic mass is 9.70. The summed E-state index contributed by atoms with van der Waals surface area (Å²) >= 11 is 0. The Bertz CT molecular complexity index is 554. The molecular formula is C22H34O2. The van der Waals surface area contributed by atoms with Crippen molar-refractivity contribution in [1.29, 1.82) is 0 Å². The highest BCUT2D eigenvalue weighted by Gasteiger charge is 2.52. The lowest BCUT2D eigenvalue weighted by molar-refractivity contribution is -0.152. The molecule has 1 saturated carbocycles. The Kier molecular flexibility index (Phi) is 6.11. The van der Waals surface area contributed by atoms with E-state index >= 15 is 0 Å². The molecule has 0 N–H and O–H groups in total. The summed E-state index contributed by atoms with van der Waals surface area (Å²) < 4.78 is 5.80. The van der Waals surface area contributed by atoms with Gasteiger partial charge in [0.25, 0.3) is 0 Å². The molecule has 0 spiro atoms. The van der Waals surface area contributed by atoms with Crippen LogP contribution in [0, 0.1) is 17.3 Å². The lowest BCUT2D eigenvalue weighted by Crippen LogP contribution is -2.36. The first-order chi connectivity index (χ1) is 11.2. The van der Waals surface area contributed by atoms with Gasteiger partial charge < -0.3 is 4.74 Å². The molecule has 0 aromatic carbocycles.